The molecule has 0 saturated carbocycles. The quantitative estimate of drug-likeness (QED) is 0.802. The van der Waals surface area contributed by atoms with Crippen molar-refractivity contribution >= 4 is 17.6 Å². The van der Waals surface area contributed by atoms with Crippen LogP contribution in [0, 0.1) is 11.6 Å². The number of benzene rings is 1. The van der Waals surface area contributed by atoms with E-state index in [9.17, 15) is 13.6 Å². The summed E-state index contributed by atoms with van der Waals surface area (Å²) in [7, 11) is 0. The van der Waals surface area contributed by atoms with Gasteiger partial charge in [0.15, 0.2) is 0 Å². The number of aliphatic carboxylic acids is 1. The Kier molecular flexibility index (Phi) is 4.20. The summed E-state index contributed by atoms with van der Waals surface area (Å²) in [6.45, 7) is 0. The zero-order valence-electron chi connectivity index (χ0n) is 8.21. The average molecular weight is 250 g/mol. The molecule has 3 N–H and O–H groups in total. The number of carbonyl (C=O) groups is 1. The largest absolute Gasteiger partial charge is 0.480 e. The van der Waals surface area contributed by atoms with E-state index in [4.69, 9.17) is 22.4 Å². The van der Waals surface area contributed by atoms with Crippen LogP contribution in [0.3, 0.4) is 0 Å². The minimum Gasteiger partial charge on any atom is -0.480 e. The molecule has 1 atom stereocenters. The lowest BCUT2D eigenvalue weighted by molar-refractivity contribution is -0.138. The minimum atomic E-state index is -1.16. The van der Waals surface area contributed by atoms with Gasteiger partial charge in [-0.1, -0.05) is 17.7 Å². The van der Waals surface area contributed by atoms with Crippen LogP contribution < -0.4 is 5.73 Å². The zero-order valence-corrected chi connectivity index (χ0v) is 8.97. The van der Waals surface area contributed by atoms with Gasteiger partial charge >= 0.3 is 5.97 Å². The van der Waals surface area contributed by atoms with E-state index in [1.807, 2.05) is 0 Å². The first kappa shape index (κ1) is 12.9. The van der Waals surface area contributed by atoms with Gasteiger partial charge in [0, 0.05) is 0 Å². The van der Waals surface area contributed by atoms with Crippen molar-refractivity contribution in [3.63, 3.8) is 0 Å². The van der Waals surface area contributed by atoms with Crippen molar-refractivity contribution in [2.24, 2.45) is 5.73 Å². The molecular formula is C10H10ClF2NO2. The van der Waals surface area contributed by atoms with E-state index >= 15 is 0 Å². The minimum absolute atomic E-state index is 0.0637. The molecule has 0 spiro atoms. The number of nitrogens with two attached hydrogens (primary N) is 1. The van der Waals surface area contributed by atoms with E-state index in [2.05, 4.69) is 0 Å². The Bertz CT molecular complexity index is 412. The van der Waals surface area contributed by atoms with Gasteiger partial charge in [0.25, 0.3) is 0 Å². The second-order valence-corrected chi connectivity index (χ2v) is 3.70. The summed E-state index contributed by atoms with van der Waals surface area (Å²) in [4.78, 5) is 10.4. The van der Waals surface area contributed by atoms with Crippen molar-refractivity contribution in [1.29, 1.82) is 0 Å². The lowest BCUT2D eigenvalue weighted by atomic mass is 10.1. The molecule has 1 aromatic carbocycles. The fraction of sp³-hybridized carbons (Fsp3) is 0.300. The molecule has 1 rings (SSSR count). The molecule has 0 saturated heterocycles. The standard InChI is InChI=1S/C10H10ClF2NO2/c11-8-6(12)3-1-5(9(8)13)2-4-7(14)10(15)16/h1,3,7H,2,4,14H2,(H,15,16). The second-order valence-electron chi connectivity index (χ2n) is 3.32. The number of hydrogen-bond donors (Lipinski definition) is 2. The van der Waals surface area contributed by atoms with Gasteiger partial charge in [-0.15, -0.1) is 0 Å². The molecule has 0 radical (unpaired) electrons. The summed E-state index contributed by atoms with van der Waals surface area (Å²) in [5, 5.41) is 7.94. The van der Waals surface area contributed by atoms with E-state index in [0.717, 1.165) is 6.07 Å². The zero-order chi connectivity index (χ0) is 12.3. The summed E-state index contributed by atoms with van der Waals surface area (Å²) in [5.74, 6) is -2.86. The molecule has 0 aromatic heterocycles. The summed E-state index contributed by atoms with van der Waals surface area (Å²) < 4.78 is 26.1. The lowest BCUT2D eigenvalue weighted by Crippen LogP contribution is -2.30. The topological polar surface area (TPSA) is 63.3 Å². The molecule has 1 aromatic rings. The number of carboxylic acid groups (broad SMARTS) is 1. The van der Waals surface area contributed by atoms with Crippen molar-refractivity contribution in [1.82, 2.24) is 0 Å². The molecule has 0 fully saturated rings. The molecule has 88 valence electrons. The van der Waals surface area contributed by atoms with Gasteiger partial charge in [-0.2, -0.15) is 0 Å². The van der Waals surface area contributed by atoms with Crippen LogP contribution in [0.5, 0.6) is 0 Å². The molecule has 3 nitrogen and oxygen atoms in total. The van der Waals surface area contributed by atoms with Crippen LogP contribution in [0.15, 0.2) is 12.1 Å². The maximum absolute atomic E-state index is 13.4. The van der Waals surface area contributed by atoms with E-state index in [0.29, 0.717) is 0 Å². The average Bonchev–Trinajstić information content (AvgIpc) is 2.24. The monoisotopic (exact) mass is 249 g/mol. The van der Waals surface area contributed by atoms with E-state index in [-0.39, 0.29) is 18.4 Å². The lowest BCUT2D eigenvalue weighted by Gasteiger charge is -2.08. The molecule has 16 heavy (non-hydrogen) atoms. The van der Waals surface area contributed by atoms with E-state index < -0.39 is 28.7 Å². The number of halogens is 3. The van der Waals surface area contributed by atoms with E-state index in [1.54, 1.807) is 0 Å². The van der Waals surface area contributed by atoms with Crippen LogP contribution in [0.1, 0.15) is 12.0 Å². The van der Waals surface area contributed by atoms with Gasteiger partial charge in [-0.3, -0.25) is 4.79 Å². The Morgan fingerprint density at radius 2 is 2.12 bits per heavy atom. The van der Waals surface area contributed by atoms with Crippen LogP contribution in [0.25, 0.3) is 0 Å². The second kappa shape index (κ2) is 5.23. The van der Waals surface area contributed by atoms with Gasteiger partial charge in [-0.25, -0.2) is 8.78 Å². The normalized spacial score (nSPS) is 12.5. The third-order valence-corrected chi connectivity index (χ3v) is 2.50. The Morgan fingerprint density at radius 1 is 1.50 bits per heavy atom. The van der Waals surface area contributed by atoms with Crippen LogP contribution in [0.2, 0.25) is 5.02 Å². The molecule has 0 bridgehead atoms. The highest BCUT2D eigenvalue weighted by Crippen LogP contribution is 2.22. The van der Waals surface area contributed by atoms with Crippen molar-refractivity contribution in [3.8, 4) is 0 Å². The fourth-order valence-corrected chi connectivity index (χ4v) is 1.38. The first-order valence-electron chi connectivity index (χ1n) is 4.54. The van der Waals surface area contributed by atoms with Gasteiger partial charge < -0.3 is 10.8 Å². The molecule has 0 heterocycles. The maximum atomic E-state index is 13.4. The van der Waals surface area contributed by atoms with Gasteiger partial charge in [-0.05, 0) is 24.5 Å². The van der Waals surface area contributed by atoms with Gasteiger partial charge in [0.2, 0.25) is 0 Å². The van der Waals surface area contributed by atoms with Crippen molar-refractivity contribution in [2.45, 2.75) is 18.9 Å². The van der Waals surface area contributed by atoms with Crippen LogP contribution >= 0.6 is 11.6 Å². The van der Waals surface area contributed by atoms with Crippen molar-refractivity contribution in [2.75, 3.05) is 0 Å². The maximum Gasteiger partial charge on any atom is 0.320 e. The Morgan fingerprint density at radius 3 is 2.69 bits per heavy atom. The Balaban J connectivity index is 2.75. The molecule has 1 unspecified atom stereocenters. The van der Waals surface area contributed by atoms with Crippen LogP contribution in [-0.4, -0.2) is 17.1 Å². The summed E-state index contributed by atoms with van der Waals surface area (Å²) >= 11 is 5.36. The number of rotatable bonds is 4. The van der Waals surface area contributed by atoms with E-state index in [1.165, 1.54) is 6.07 Å². The molecule has 0 aliphatic carbocycles. The number of carboxylic acids is 1. The molecular weight excluding hydrogens is 240 g/mol. The number of hydrogen-bond acceptors (Lipinski definition) is 2. The summed E-state index contributed by atoms with van der Waals surface area (Å²) in [6, 6.07) is 1.20. The molecule has 0 amide bonds. The van der Waals surface area contributed by atoms with Gasteiger partial charge in [0.05, 0.1) is 0 Å². The van der Waals surface area contributed by atoms with Gasteiger partial charge in [0.1, 0.15) is 22.7 Å². The predicted molar refractivity (Wildman–Crippen MR) is 55.3 cm³/mol. The summed E-state index contributed by atoms with van der Waals surface area (Å²) in [5.41, 5.74) is 5.41. The molecule has 6 heteroatoms. The SMILES string of the molecule is NC(CCc1ccc(F)c(Cl)c1F)C(=O)O. The first-order chi connectivity index (χ1) is 7.43. The predicted octanol–water partition coefficient (Wildman–Crippen LogP) is 1.96. The summed E-state index contributed by atoms with van der Waals surface area (Å²) in [6.07, 6.45) is 0.160. The highest BCUT2D eigenvalue weighted by molar-refractivity contribution is 6.30. The highest BCUT2D eigenvalue weighted by atomic mass is 35.5. The Labute approximate surface area is 95.8 Å². The molecule has 0 aliphatic heterocycles. The van der Waals surface area contributed by atoms with Crippen LogP contribution in [-0.2, 0) is 11.2 Å². The first-order valence-corrected chi connectivity index (χ1v) is 4.92. The van der Waals surface area contributed by atoms with Crippen LogP contribution in [0.4, 0.5) is 8.78 Å². The highest BCUT2D eigenvalue weighted by Gasteiger charge is 2.15. The molecule has 0 aliphatic rings. The smallest absolute Gasteiger partial charge is 0.320 e. The van der Waals surface area contributed by atoms with Crippen molar-refractivity contribution in [3.05, 3.63) is 34.4 Å². The number of aryl methyl sites for hydroxylation is 1. The van der Waals surface area contributed by atoms with Crippen molar-refractivity contribution < 1.29 is 18.7 Å². The third-order valence-electron chi connectivity index (χ3n) is 2.16. The third kappa shape index (κ3) is 2.90. The Hall–Kier alpha value is -1.20. The fourth-order valence-electron chi connectivity index (χ4n) is 1.19.